The van der Waals surface area contributed by atoms with Crippen LogP contribution in [0.25, 0.3) is 0 Å². The summed E-state index contributed by atoms with van der Waals surface area (Å²) in [6, 6.07) is 5.38. The van der Waals surface area contributed by atoms with Crippen LogP contribution in [0, 0.1) is 6.92 Å². The Balaban J connectivity index is 2.50. The van der Waals surface area contributed by atoms with Crippen LogP contribution >= 0.6 is 23.8 Å². The summed E-state index contributed by atoms with van der Waals surface area (Å²) in [5.74, 6) is -0.166. The first-order valence-electron chi connectivity index (χ1n) is 5.61. The molecule has 1 amide bonds. The molecule has 0 spiro atoms. The number of hydrogen-bond donors (Lipinski definition) is 3. The molecule has 6 heteroatoms. The summed E-state index contributed by atoms with van der Waals surface area (Å²) in [6.07, 6.45) is 0. The number of rotatable bonds is 4. The highest BCUT2D eigenvalue weighted by atomic mass is 35.5. The molecule has 98 valence electrons. The second-order valence-electron chi connectivity index (χ2n) is 3.67. The van der Waals surface area contributed by atoms with Gasteiger partial charge in [0.2, 0.25) is 5.91 Å². The van der Waals surface area contributed by atoms with Gasteiger partial charge in [0.1, 0.15) is 0 Å². The summed E-state index contributed by atoms with van der Waals surface area (Å²) in [7, 11) is 0. The molecule has 0 unspecified atom stereocenters. The largest absolute Gasteiger partial charge is 0.363 e. The summed E-state index contributed by atoms with van der Waals surface area (Å²) in [4.78, 5) is 11.7. The van der Waals surface area contributed by atoms with E-state index in [-0.39, 0.29) is 12.5 Å². The number of thiocarbonyl (C=S) groups is 1. The van der Waals surface area contributed by atoms with Gasteiger partial charge in [0.05, 0.1) is 6.54 Å². The van der Waals surface area contributed by atoms with E-state index in [0.29, 0.717) is 15.8 Å². The Morgan fingerprint density at radius 3 is 2.78 bits per heavy atom. The summed E-state index contributed by atoms with van der Waals surface area (Å²) >= 11 is 10.9. The van der Waals surface area contributed by atoms with Gasteiger partial charge in [0.15, 0.2) is 5.11 Å². The van der Waals surface area contributed by atoms with E-state index < -0.39 is 0 Å². The predicted molar refractivity (Wildman–Crippen MR) is 79.1 cm³/mol. The van der Waals surface area contributed by atoms with Crippen LogP contribution in [-0.4, -0.2) is 24.1 Å². The van der Waals surface area contributed by atoms with Crippen LogP contribution in [0.5, 0.6) is 0 Å². The maximum absolute atomic E-state index is 11.7. The molecule has 0 aliphatic heterocycles. The van der Waals surface area contributed by atoms with Gasteiger partial charge in [-0.3, -0.25) is 4.79 Å². The summed E-state index contributed by atoms with van der Waals surface area (Å²) < 4.78 is 0. The van der Waals surface area contributed by atoms with Gasteiger partial charge >= 0.3 is 0 Å². The zero-order chi connectivity index (χ0) is 13.5. The van der Waals surface area contributed by atoms with Crippen LogP contribution in [0.4, 0.5) is 5.69 Å². The third-order valence-electron chi connectivity index (χ3n) is 2.29. The molecule has 0 aliphatic carbocycles. The molecular weight excluding hydrogens is 270 g/mol. The zero-order valence-corrected chi connectivity index (χ0v) is 11.9. The van der Waals surface area contributed by atoms with Crippen LogP contribution in [0.3, 0.4) is 0 Å². The fourth-order valence-electron chi connectivity index (χ4n) is 1.32. The highest BCUT2D eigenvalue weighted by molar-refractivity contribution is 7.80. The number of anilines is 1. The van der Waals surface area contributed by atoms with Crippen molar-refractivity contribution < 1.29 is 4.79 Å². The molecule has 1 aromatic carbocycles. The average molecular weight is 286 g/mol. The molecule has 18 heavy (non-hydrogen) atoms. The van der Waals surface area contributed by atoms with Crippen LogP contribution in [0.2, 0.25) is 5.02 Å². The van der Waals surface area contributed by atoms with Crippen molar-refractivity contribution in [1.29, 1.82) is 0 Å². The minimum absolute atomic E-state index is 0.123. The van der Waals surface area contributed by atoms with Gasteiger partial charge in [-0.2, -0.15) is 0 Å². The maximum atomic E-state index is 11.7. The van der Waals surface area contributed by atoms with Gasteiger partial charge in [-0.25, -0.2) is 0 Å². The molecule has 0 fully saturated rings. The van der Waals surface area contributed by atoms with E-state index >= 15 is 0 Å². The molecule has 0 bridgehead atoms. The number of hydrogen-bond acceptors (Lipinski definition) is 2. The first-order valence-corrected chi connectivity index (χ1v) is 6.40. The number of carbonyl (C=O) groups excluding carboxylic acids is 1. The second kappa shape index (κ2) is 7.18. The minimum atomic E-state index is -0.166. The number of amides is 1. The van der Waals surface area contributed by atoms with Crippen LogP contribution in [0.15, 0.2) is 18.2 Å². The third kappa shape index (κ3) is 4.50. The Morgan fingerprint density at radius 2 is 2.11 bits per heavy atom. The van der Waals surface area contributed by atoms with Gasteiger partial charge < -0.3 is 16.0 Å². The monoisotopic (exact) mass is 285 g/mol. The van der Waals surface area contributed by atoms with Crippen molar-refractivity contribution in [3.8, 4) is 0 Å². The third-order valence-corrected chi connectivity index (χ3v) is 2.99. The average Bonchev–Trinajstić information content (AvgIpc) is 2.33. The Hall–Kier alpha value is -1.33. The van der Waals surface area contributed by atoms with Crippen LogP contribution in [0.1, 0.15) is 12.5 Å². The highest BCUT2D eigenvalue weighted by Crippen LogP contribution is 2.22. The van der Waals surface area contributed by atoms with E-state index in [1.165, 1.54) is 0 Å². The first kappa shape index (κ1) is 14.7. The van der Waals surface area contributed by atoms with E-state index in [4.69, 9.17) is 23.8 Å². The lowest BCUT2D eigenvalue weighted by Gasteiger charge is -2.11. The van der Waals surface area contributed by atoms with Gasteiger partial charge in [-0.05, 0) is 43.8 Å². The molecule has 1 rings (SSSR count). The molecule has 0 aliphatic rings. The van der Waals surface area contributed by atoms with Crippen molar-refractivity contribution in [1.82, 2.24) is 10.6 Å². The van der Waals surface area contributed by atoms with Crippen molar-refractivity contribution in [2.45, 2.75) is 13.8 Å². The smallest absolute Gasteiger partial charge is 0.243 e. The van der Waals surface area contributed by atoms with Gasteiger partial charge in [-0.1, -0.05) is 17.7 Å². The molecule has 0 heterocycles. The summed E-state index contributed by atoms with van der Waals surface area (Å²) in [5.41, 5.74) is 1.56. The van der Waals surface area contributed by atoms with Crippen molar-refractivity contribution in [2.24, 2.45) is 0 Å². The van der Waals surface area contributed by atoms with E-state index in [0.717, 1.165) is 12.1 Å². The van der Waals surface area contributed by atoms with Crippen molar-refractivity contribution in [3.05, 3.63) is 28.8 Å². The molecule has 1 aromatic rings. The molecule has 0 atom stereocenters. The zero-order valence-electron chi connectivity index (χ0n) is 10.3. The van der Waals surface area contributed by atoms with E-state index in [1.54, 1.807) is 12.1 Å². The standard InChI is InChI=1S/C12H16ClN3OS/c1-3-14-12(18)15-7-11(17)16-10-6-4-5-9(13)8(10)2/h4-6H,3,7H2,1-2H3,(H,16,17)(H2,14,15,18). The Labute approximate surface area is 117 Å². The fourth-order valence-corrected chi connectivity index (χ4v) is 1.71. The Morgan fingerprint density at radius 1 is 1.39 bits per heavy atom. The van der Waals surface area contributed by atoms with Gasteiger partial charge in [0.25, 0.3) is 0 Å². The van der Waals surface area contributed by atoms with Crippen LogP contribution < -0.4 is 16.0 Å². The van der Waals surface area contributed by atoms with Crippen molar-refractivity contribution >= 4 is 40.5 Å². The second-order valence-corrected chi connectivity index (χ2v) is 4.49. The molecule has 4 nitrogen and oxygen atoms in total. The van der Waals surface area contributed by atoms with Crippen molar-refractivity contribution in [2.75, 3.05) is 18.4 Å². The quantitative estimate of drug-likeness (QED) is 0.742. The van der Waals surface area contributed by atoms with Gasteiger partial charge in [0, 0.05) is 17.3 Å². The lowest BCUT2D eigenvalue weighted by Crippen LogP contribution is -2.39. The SMILES string of the molecule is CCNC(=S)NCC(=O)Nc1cccc(Cl)c1C. The lowest BCUT2D eigenvalue weighted by molar-refractivity contribution is -0.115. The predicted octanol–water partition coefficient (Wildman–Crippen LogP) is 2.07. The number of halogens is 1. The fraction of sp³-hybridized carbons (Fsp3) is 0.333. The maximum Gasteiger partial charge on any atom is 0.243 e. The Bertz CT molecular complexity index is 451. The summed E-state index contributed by atoms with van der Waals surface area (Å²) in [6.45, 7) is 4.64. The number of benzene rings is 1. The first-order chi connectivity index (χ1) is 8.54. The Kier molecular flexibility index (Phi) is 5.88. The molecule has 0 aromatic heterocycles. The molecule has 0 saturated carbocycles. The molecule has 0 saturated heterocycles. The number of nitrogens with one attached hydrogen (secondary N) is 3. The molecular formula is C12H16ClN3OS. The topological polar surface area (TPSA) is 53.2 Å². The number of carbonyl (C=O) groups is 1. The van der Waals surface area contributed by atoms with Gasteiger partial charge in [-0.15, -0.1) is 0 Å². The minimum Gasteiger partial charge on any atom is -0.363 e. The lowest BCUT2D eigenvalue weighted by atomic mass is 10.2. The summed E-state index contributed by atoms with van der Waals surface area (Å²) in [5, 5.41) is 9.59. The molecule has 0 radical (unpaired) electrons. The molecule has 3 N–H and O–H groups in total. The normalized spacial score (nSPS) is 9.72. The van der Waals surface area contributed by atoms with E-state index in [2.05, 4.69) is 16.0 Å². The van der Waals surface area contributed by atoms with E-state index in [9.17, 15) is 4.79 Å². The highest BCUT2D eigenvalue weighted by Gasteiger charge is 2.06. The van der Waals surface area contributed by atoms with Crippen molar-refractivity contribution in [3.63, 3.8) is 0 Å². The van der Waals surface area contributed by atoms with Crippen LogP contribution in [-0.2, 0) is 4.79 Å². The van der Waals surface area contributed by atoms with E-state index in [1.807, 2.05) is 19.9 Å².